The van der Waals surface area contributed by atoms with Crippen molar-refractivity contribution in [3.63, 3.8) is 0 Å². The summed E-state index contributed by atoms with van der Waals surface area (Å²) >= 11 is 0. The van der Waals surface area contributed by atoms with Crippen LogP contribution in [0.5, 0.6) is 0 Å². The van der Waals surface area contributed by atoms with Crippen molar-refractivity contribution in [3.05, 3.63) is 77.3 Å². The number of allylic oxidation sites excluding steroid dienone is 1. The Morgan fingerprint density at radius 2 is 1.27 bits per heavy atom. The molecular weight excluding hydrogens is 616 g/mol. The maximum Gasteiger partial charge on any atom is 0.303 e. The fourth-order valence-electron chi connectivity index (χ4n) is 6.63. The molecule has 48 heavy (non-hydrogen) atoms. The highest BCUT2D eigenvalue weighted by Gasteiger charge is 2.24. The Labute approximate surface area is 276 Å². The van der Waals surface area contributed by atoms with E-state index in [9.17, 15) is 34.5 Å². The average Bonchev–Trinajstić information content (AvgIpc) is 3.68. The Morgan fingerprint density at radius 1 is 0.708 bits per heavy atom. The van der Waals surface area contributed by atoms with Gasteiger partial charge in [0.25, 0.3) is 6.47 Å². The van der Waals surface area contributed by atoms with Crippen LogP contribution in [0, 0.1) is 20.8 Å². The Hall–Kier alpha value is -5.39. The topological polar surface area (TPSA) is 198 Å². The van der Waals surface area contributed by atoms with Gasteiger partial charge in [-0.2, -0.15) is 0 Å². The van der Waals surface area contributed by atoms with Gasteiger partial charge in [0, 0.05) is 58.5 Å². The first kappa shape index (κ1) is 34.0. The van der Waals surface area contributed by atoms with Crippen LogP contribution in [0.1, 0.15) is 77.4 Å². The van der Waals surface area contributed by atoms with E-state index < -0.39 is 23.9 Å². The normalized spacial score (nSPS) is 16.6. The van der Waals surface area contributed by atoms with Crippen LogP contribution in [0.3, 0.4) is 0 Å². The van der Waals surface area contributed by atoms with Crippen LogP contribution >= 0.6 is 0 Å². The Kier molecular flexibility index (Phi) is 10.0. The average molecular weight is 657 g/mol. The van der Waals surface area contributed by atoms with Gasteiger partial charge >= 0.3 is 17.9 Å². The van der Waals surface area contributed by atoms with E-state index in [0.717, 1.165) is 77.3 Å². The Balaban J connectivity index is 1.85. The zero-order chi connectivity index (χ0) is 34.7. The molecule has 0 radical (unpaired) electrons. The van der Waals surface area contributed by atoms with Crippen LogP contribution in [-0.4, -0.2) is 73.0 Å². The molecule has 3 aromatic rings. The number of aliphatic imine (C=N–C) groups is 1. The largest absolute Gasteiger partial charge is 0.481 e. The first-order chi connectivity index (χ1) is 22.9. The van der Waals surface area contributed by atoms with Crippen molar-refractivity contribution in [3.8, 4) is 0 Å². The molecular formula is C36H40N4O8. The summed E-state index contributed by atoms with van der Waals surface area (Å²) in [6.07, 6.45) is 8.92. The van der Waals surface area contributed by atoms with Gasteiger partial charge < -0.3 is 35.0 Å². The smallest absolute Gasteiger partial charge is 0.303 e. The van der Waals surface area contributed by atoms with Gasteiger partial charge in [0.2, 0.25) is 0 Å². The molecule has 252 valence electrons. The van der Waals surface area contributed by atoms with Crippen LogP contribution in [-0.2, 0) is 43.2 Å². The lowest BCUT2D eigenvalue weighted by molar-refractivity contribution is -0.138. The molecule has 2 aliphatic rings. The SMILES string of the molecule is CC1=C(CCC(=O)O)C2=NC1/C=c1\[nH]/c(c(C)c1CCOC=O)=C\c1[nH]c(c(C)c1CCC(=O)O)C=c1[nH]c(c(C)c1CCC(=O)O)=C2. The number of aromatic amines is 3. The summed E-state index contributed by atoms with van der Waals surface area (Å²) in [7, 11) is 0. The Morgan fingerprint density at radius 3 is 1.92 bits per heavy atom. The molecule has 0 saturated carbocycles. The number of ether oxygens (including phenoxy) is 1. The van der Waals surface area contributed by atoms with Gasteiger partial charge in [0.15, 0.2) is 0 Å². The highest BCUT2D eigenvalue weighted by Crippen LogP contribution is 2.28. The highest BCUT2D eigenvalue weighted by atomic mass is 16.5. The van der Waals surface area contributed by atoms with Gasteiger partial charge in [0.1, 0.15) is 0 Å². The van der Waals surface area contributed by atoms with Gasteiger partial charge in [-0.15, -0.1) is 0 Å². The number of carboxylic acids is 3. The van der Waals surface area contributed by atoms with Crippen molar-refractivity contribution in [2.75, 3.05) is 6.61 Å². The summed E-state index contributed by atoms with van der Waals surface area (Å²) in [5, 5.41) is 31.6. The van der Waals surface area contributed by atoms with Crippen LogP contribution in [0.2, 0.25) is 0 Å². The summed E-state index contributed by atoms with van der Waals surface area (Å²) in [6.45, 7) is 8.37. The summed E-state index contributed by atoms with van der Waals surface area (Å²) in [4.78, 5) is 61.3. The third-order valence-corrected chi connectivity index (χ3v) is 9.35. The van der Waals surface area contributed by atoms with Gasteiger partial charge in [-0.3, -0.25) is 24.2 Å². The molecule has 0 saturated heterocycles. The van der Waals surface area contributed by atoms with Crippen molar-refractivity contribution in [1.29, 1.82) is 0 Å². The van der Waals surface area contributed by atoms with Crippen LogP contribution < -0.4 is 21.4 Å². The predicted octanol–water partition coefficient (Wildman–Crippen LogP) is 1.58. The van der Waals surface area contributed by atoms with E-state index in [1.54, 1.807) is 0 Å². The summed E-state index contributed by atoms with van der Waals surface area (Å²) in [5.41, 5.74) is 9.20. The highest BCUT2D eigenvalue weighted by molar-refractivity contribution is 6.22. The van der Waals surface area contributed by atoms with E-state index in [0.29, 0.717) is 25.0 Å². The van der Waals surface area contributed by atoms with E-state index in [-0.39, 0.29) is 38.7 Å². The number of fused-ring (bicyclic) bond motifs is 7. The number of nitrogens with one attached hydrogen (secondary N) is 3. The molecule has 5 rings (SSSR count). The molecule has 0 spiro atoms. The number of carbonyl (C=O) groups is 4. The van der Waals surface area contributed by atoms with E-state index in [2.05, 4.69) is 15.0 Å². The quantitative estimate of drug-likeness (QED) is 0.118. The van der Waals surface area contributed by atoms with Crippen molar-refractivity contribution >= 4 is 54.4 Å². The maximum absolute atomic E-state index is 11.6. The van der Waals surface area contributed by atoms with E-state index in [4.69, 9.17) is 9.73 Å². The lowest BCUT2D eigenvalue weighted by atomic mass is 9.97. The zero-order valence-corrected chi connectivity index (χ0v) is 27.5. The van der Waals surface area contributed by atoms with Crippen LogP contribution in [0.25, 0.3) is 24.3 Å². The standard InChI is InChI=1S/C36H40N4O8/c1-18-22(5-8-34(42)43)30-13-27-19(2)23(6-9-35(44)45)32(38-27)15-29-21(4)25(11-12-48-17-41)33(40-29)16-28-20(3)24(7-10-36(46)47)31(39-28)14-26(18)37-30/h13-17,28,37-38,40H,5-12H2,1-4H3,(H,42,43)(H,44,45)(H,46,47)/b26-14?,29-15-,30-13?,33-16-. The monoisotopic (exact) mass is 656 g/mol. The van der Waals surface area contributed by atoms with Crippen molar-refractivity contribution in [2.45, 2.75) is 78.7 Å². The van der Waals surface area contributed by atoms with Crippen LogP contribution in [0.4, 0.5) is 0 Å². The van der Waals surface area contributed by atoms with Crippen molar-refractivity contribution in [1.82, 2.24) is 15.0 Å². The van der Waals surface area contributed by atoms with Gasteiger partial charge in [-0.1, -0.05) is 0 Å². The number of aliphatic carboxylic acids is 3. The molecule has 2 aliphatic heterocycles. The summed E-state index contributed by atoms with van der Waals surface area (Å²) in [6, 6.07) is -0.400. The number of hydrogen-bond acceptors (Lipinski definition) is 6. The van der Waals surface area contributed by atoms with Crippen LogP contribution in [0.15, 0.2) is 16.1 Å². The fraction of sp³-hybridized carbons (Fsp3) is 0.361. The summed E-state index contributed by atoms with van der Waals surface area (Å²) < 4.78 is 5.05. The number of nitrogens with zero attached hydrogens (tertiary/aromatic N) is 1. The molecule has 12 nitrogen and oxygen atoms in total. The number of carboxylic acid groups (broad SMARTS) is 3. The van der Waals surface area contributed by atoms with Crippen molar-refractivity contribution in [2.24, 2.45) is 4.99 Å². The minimum Gasteiger partial charge on any atom is -0.481 e. The number of carbonyl (C=O) groups excluding carboxylic acids is 1. The predicted molar refractivity (Wildman–Crippen MR) is 180 cm³/mol. The maximum atomic E-state index is 11.6. The lowest BCUT2D eigenvalue weighted by Crippen LogP contribution is -2.17. The first-order valence-electron chi connectivity index (χ1n) is 15.9. The molecule has 0 amide bonds. The minimum atomic E-state index is -0.917. The second-order valence-corrected chi connectivity index (χ2v) is 12.3. The number of H-pyrrole nitrogens is 3. The second kappa shape index (κ2) is 14.2. The minimum absolute atomic E-state index is 0.0573. The van der Waals surface area contributed by atoms with Gasteiger partial charge in [-0.05, 0) is 116 Å². The molecule has 0 aliphatic carbocycles. The lowest BCUT2D eigenvalue weighted by Gasteiger charge is -2.06. The number of aromatic nitrogens is 3. The number of hydrogen-bond donors (Lipinski definition) is 6. The molecule has 0 aromatic carbocycles. The zero-order valence-electron chi connectivity index (χ0n) is 27.5. The molecule has 0 fully saturated rings. The molecule has 6 N–H and O–H groups in total. The molecule has 5 heterocycles. The van der Waals surface area contributed by atoms with Gasteiger partial charge in [-0.25, -0.2) is 0 Å². The fourth-order valence-corrected chi connectivity index (χ4v) is 6.63. The molecule has 8 bridgehead atoms. The Bertz CT molecular complexity index is 2120. The first-order valence-corrected chi connectivity index (χ1v) is 15.9. The molecule has 1 atom stereocenters. The molecule has 12 heteroatoms. The second-order valence-electron chi connectivity index (χ2n) is 12.3. The van der Waals surface area contributed by atoms with Gasteiger partial charge in [0.05, 0.1) is 18.4 Å². The third-order valence-electron chi connectivity index (χ3n) is 9.35. The van der Waals surface area contributed by atoms with E-state index in [1.807, 2.05) is 52.0 Å². The number of rotatable bonds is 13. The van der Waals surface area contributed by atoms with E-state index in [1.165, 1.54) is 0 Å². The van der Waals surface area contributed by atoms with Crippen molar-refractivity contribution < 1.29 is 39.2 Å². The molecule has 1 unspecified atom stereocenters. The third kappa shape index (κ3) is 7.12. The molecule has 3 aromatic heterocycles. The van der Waals surface area contributed by atoms with E-state index >= 15 is 0 Å². The summed E-state index contributed by atoms with van der Waals surface area (Å²) in [5.74, 6) is -2.74.